The van der Waals surface area contributed by atoms with E-state index in [0.29, 0.717) is 11.9 Å². The quantitative estimate of drug-likeness (QED) is 0.786. The maximum Gasteiger partial charge on any atom is 0.228 e. The standard InChI is InChI=1S/C21H35N3O/c1-2-22-5-7-23(8-6-22)19-3-4-24(15-19)20(25)21-12-16-9-17(13-21)11-18(10-16)14-21/h16-19H,2-15H2,1H3/t16?,17?,18?,19-,21?/m0/s1. The first-order valence-electron chi connectivity index (χ1n) is 10.9. The lowest BCUT2D eigenvalue weighted by atomic mass is 9.49. The van der Waals surface area contributed by atoms with Crippen molar-refractivity contribution < 1.29 is 4.79 Å². The molecule has 1 atom stereocenters. The molecule has 6 rings (SSSR count). The predicted molar refractivity (Wildman–Crippen MR) is 99.3 cm³/mol. The van der Waals surface area contributed by atoms with Gasteiger partial charge >= 0.3 is 0 Å². The van der Waals surface area contributed by atoms with Crippen LogP contribution in [0, 0.1) is 23.2 Å². The van der Waals surface area contributed by atoms with Crippen LogP contribution in [0.25, 0.3) is 0 Å². The molecule has 2 saturated heterocycles. The lowest BCUT2D eigenvalue weighted by Crippen LogP contribution is -2.55. The average molecular weight is 346 g/mol. The molecule has 0 radical (unpaired) electrons. The Bertz CT molecular complexity index is 490. The average Bonchev–Trinajstić information content (AvgIpc) is 3.10. The largest absolute Gasteiger partial charge is 0.341 e. The van der Waals surface area contributed by atoms with E-state index in [9.17, 15) is 4.79 Å². The molecule has 0 aromatic rings. The van der Waals surface area contributed by atoms with Crippen LogP contribution in [-0.2, 0) is 4.79 Å². The summed E-state index contributed by atoms with van der Waals surface area (Å²) in [6.45, 7) is 10.2. The molecule has 6 aliphatic rings. The fourth-order valence-electron chi connectivity index (χ4n) is 7.38. The first-order valence-corrected chi connectivity index (χ1v) is 10.9. The highest BCUT2D eigenvalue weighted by molar-refractivity contribution is 5.83. The van der Waals surface area contributed by atoms with Gasteiger partial charge in [-0.15, -0.1) is 0 Å². The summed E-state index contributed by atoms with van der Waals surface area (Å²) in [5, 5.41) is 0. The molecule has 1 amide bonds. The number of nitrogens with zero attached hydrogens (tertiary/aromatic N) is 3. The van der Waals surface area contributed by atoms with Crippen LogP contribution >= 0.6 is 0 Å². The summed E-state index contributed by atoms with van der Waals surface area (Å²) >= 11 is 0. The summed E-state index contributed by atoms with van der Waals surface area (Å²) in [5.74, 6) is 3.17. The van der Waals surface area contributed by atoms with E-state index in [1.165, 1.54) is 77.7 Å². The Morgan fingerprint density at radius 2 is 1.52 bits per heavy atom. The zero-order chi connectivity index (χ0) is 17.0. The molecule has 4 bridgehead atoms. The van der Waals surface area contributed by atoms with Gasteiger partial charge in [0.05, 0.1) is 5.41 Å². The van der Waals surface area contributed by atoms with Crippen molar-refractivity contribution in [3.05, 3.63) is 0 Å². The number of amides is 1. The Morgan fingerprint density at radius 3 is 2.08 bits per heavy atom. The molecule has 2 heterocycles. The fourth-order valence-corrected chi connectivity index (χ4v) is 7.38. The smallest absolute Gasteiger partial charge is 0.228 e. The van der Waals surface area contributed by atoms with E-state index in [-0.39, 0.29) is 5.41 Å². The van der Waals surface area contributed by atoms with Gasteiger partial charge in [-0.2, -0.15) is 0 Å². The Hall–Kier alpha value is -0.610. The molecule has 0 aromatic heterocycles. The number of carbonyl (C=O) groups is 1. The molecule has 4 nitrogen and oxygen atoms in total. The minimum absolute atomic E-state index is 0.0601. The van der Waals surface area contributed by atoms with Gasteiger partial charge in [-0.1, -0.05) is 6.92 Å². The molecule has 0 aromatic carbocycles. The van der Waals surface area contributed by atoms with E-state index in [0.717, 1.165) is 30.8 Å². The Kier molecular flexibility index (Phi) is 4.12. The van der Waals surface area contributed by atoms with Gasteiger partial charge in [0.1, 0.15) is 0 Å². The first kappa shape index (κ1) is 16.6. The Morgan fingerprint density at radius 1 is 0.920 bits per heavy atom. The molecule has 6 fully saturated rings. The summed E-state index contributed by atoms with van der Waals surface area (Å²) in [7, 11) is 0. The van der Waals surface area contributed by atoms with Gasteiger partial charge in [0.15, 0.2) is 0 Å². The number of hydrogen-bond donors (Lipinski definition) is 0. The number of rotatable bonds is 3. The van der Waals surface area contributed by atoms with Crippen molar-refractivity contribution in [1.82, 2.24) is 14.7 Å². The second-order valence-electron chi connectivity index (χ2n) is 9.86. The monoisotopic (exact) mass is 345 g/mol. The van der Waals surface area contributed by atoms with E-state index >= 15 is 0 Å². The first-order chi connectivity index (χ1) is 12.1. The number of piperazine rings is 1. The van der Waals surface area contributed by atoms with Gasteiger partial charge in [-0.05, 0) is 69.2 Å². The van der Waals surface area contributed by atoms with Gasteiger partial charge in [0, 0.05) is 45.3 Å². The molecule has 0 spiro atoms. The van der Waals surface area contributed by atoms with Crippen LogP contribution in [0.4, 0.5) is 0 Å². The van der Waals surface area contributed by atoms with Crippen LogP contribution in [0.2, 0.25) is 0 Å². The number of hydrogen-bond acceptors (Lipinski definition) is 3. The van der Waals surface area contributed by atoms with Crippen LogP contribution in [-0.4, -0.2) is 72.5 Å². The minimum atomic E-state index is 0.0601. The van der Waals surface area contributed by atoms with Crippen molar-refractivity contribution in [1.29, 1.82) is 0 Å². The van der Waals surface area contributed by atoms with Crippen LogP contribution in [0.15, 0.2) is 0 Å². The van der Waals surface area contributed by atoms with E-state index in [2.05, 4.69) is 21.6 Å². The summed E-state index contributed by atoms with van der Waals surface area (Å²) in [6, 6.07) is 0.622. The highest BCUT2D eigenvalue weighted by Gasteiger charge is 2.56. The Balaban J connectivity index is 1.23. The summed E-state index contributed by atoms with van der Waals surface area (Å²) in [4.78, 5) is 21.0. The topological polar surface area (TPSA) is 26.8 Å². The van der Waals surface area contributed by atoms with Crippen molar-refractivity contribution in [2.75, 3.05) is 45.8 Å². The van der Waals surface area contributed by atoms with Gasteiger partial charge in [-0.3, -0.25) is 9.69 Å². The van der Waals surface area contributed by atoms with Gasteiger partial charge in [0.25, 0.3) is 0 Å². The molecule has 4 aliphatic carbocycles. The van der Waals surface area contributed by atoms with Crippen LogP contribution in [0.5, 0.6) is 0 Å². The van der Waals surface area contributed by atoms with Crippen LogP contribution in [0.1, 0.15) is 51.9 Å². The van der Waals surface area contributed by atoms with Gasteiger partial charge in [0.2, 0.25) is 5.91 Å². The van der Waals surface area contributed by atoms with Crippen molar-refractivity contribution in [2.45, 2.75) is 57.9 Å². The third-order valence-electron chi connectivity index (χ3n) is 8.31. The molecule has 4 heteroatoms. The predicted octanol–water partition coefficient (Wildman–Crippen LogP) is 2.44. The molecule has 0 unspecified atom stereocenters. The van der Waals surface area contributed by atoms with E-state index in [4.69, 9.17) is 0 Å². The maximum absolute atomic E-state index is 13.5. The summed E-state index contributed by atoms with van der Waals surface area (Å²) in [5.41, 5.74) is 0.0601. The third kappa shape index (κ3) is 2.84. The van der Waals surface area contributed by atoms with Crippen molar-refractivity contribution in [3.8, 4) is 0 Å². The minimum Gasteiger partial charge on any atom is -0.341 e. The molecule has 25 heavy (non-hydrogen) atoms. The lowest BCUT2D eigenvalue weighted by molar-refractivity contribution is -0.156. The third-order valence-corrected chi connectivity index (χ3v) is 8.31. The normalized spacial score (nSPS) is 44.6. The van der Waals surface area contributed by atoms with Crippen molar-refractivity contribution in [3.63, 3.8) is 0 Å². The van der Waals surface area contributed by atoms with E-state index in [1.54, 1.807) is 0 Å². The summed E-state index contributed by atoms with van der Waals surface area (Å²) < 4.78 is 0. The molecular formula is C21H35N3O. The van der Waals surface area contributed by atoms with Crippen LogP contribution in [0.3, 0.4) is 0 Å². The number of carbonyl (C=O) groups excluding carboxylic acids is 1. The molecule has 140 valence electrons. The fraction of sp³-hybridized carbons (Fsp3) is 0.952. The van der Waals surface area contributed by atoms with Crippen molar-refractivity contribution in [2.24, 2.45) is 23.2 Å². The van der Waals surface area contributed by atoms with Crippen molar-refractivity contribution >= 4 is 5.91 Å². The molecule has 2 aliphatic heterocycles. The zero-order valence-electron chi connectivity index (χ0n) is 16.0. The SMILES string of the molecule is CCN1CCN([C@H]2CCN(C(=O)C34CC5CC(CC(C5)C3)C4)C2)CC1. The van der Waals surface area contributed by atoms with E-state index in [1.807, 2.05) is 0 Å². The number of likely N-dealkylation sites (N-methyl/N-ethyl adjacent to an activating group) is 1. The number of likely N-dealkylation sites (tertiary alicyclic amines) is 1. The van der Waals surface area contributed by atoms with Gasteiger partial charge in [-0.25, -0.2) is 0 Å². The molecular weight excluding hydrogens is 310 g/mol. The zero-order valence-corrected chi connectivity index (χ0v) is 16.0. The molecule has 0 N–H and O–H groups in total. The highest BCUT2D eigenvalue weighted by atomic mass is 16.2. The van der Waals surface area contributed by atoms with E-state index < -0.39 is 0 Å². The lowest BCUT2D eigenvalue weighted by Gasteiger charge is -2.56. The Labute approximate surface area is 152 Å². The molecule has 4 saturated carbocycles. The summed E-state index contributed by atoms with van der Waals surface area (Å²) in [6.07, 6.45) is 9.13. The van der Waals surface area contributed by atoms with Gasteiger partial charge < -0.3 is 9.80 Å². The van der Waals surface area contributed by atoms with Crippen LogP contribution < -0.4 is 0 Å². The highest BCUT2D eigenvalue weighted by Crippen LogP contribution is 2.60. The second-order valence-corrected chi connectivity index (χ2v) is 9.86. The second kappa shape index (κ2) is 6.23. The maximum atomic E-state index is 13.5.